The van der Waals surface area contributed by atoms with Crippen molar-refractivity contribution in [2.45, 2.75) is 25.4 Å². The molecule has 0 aromatic carbocycles. The molecule has 0 unspecified atom stereocenters. The predicted octanol–water partition coefficient (Wildman–Crippen LogP) is 3.51. The van der Waals surface area contributed by atoms with Crippen LogP contribution in [0.2, 0.25) is 0 Å². The molecule has 0 saturated heterocycles. The van der Waals surface area contributed by atoms with Crippen molar-refractivity contribution in [3.63, 3.8) is 0 Å². The Morgan fingerprint density at radius 2 is 0.967 bits per heavy atom. The van der Waals surface area contributed by atoms with Crippen LogP contribution >= 0.6 is 0 Å². The molecule has 164 valence electrons. The summed E-state index contributed by atoms with van der Waals surface area (Å²) < 4.78 is 16.8. The summed E-state index contributed by atoms with van der Waals surface area (Å²) in [4.78, 5) is 33.4. The largest absolute Gasteiger partial charge is 0.375 e. The lowest BCUT2D eigenvalue weighted by molar-refractivity contribution is -0.114. The summed E-state index contributed by atoms with van der Waals surface area (Å²) in [5, 5.41) is 0. The first-order valence-electron chi connectivity index (χ1n) is 9.71. The molecule has 30 heavy (non-hydrogen) atoms. The zero-order valence-electron chi connectivity index (χ0n) is 17.5. The average molecular weight is 417 g/mol. The molecule has 0 aliphatic carbocycles. The van der Waals surface area contributed by atoms with Gasteiger partial charge < -0.3 is 14.2 Å². The molecule has 0 aliphatic rings. The van der Waals surface area contributed by atoms with Crippen molar-refractivity contribution in [3.05, 3.63) is 74.4 Å². The van der Waals surface area contributed by atoms with Gasteiger partial charge in [0, 0.05) is 19.3 Å². The highest BCUT2D eigenvalue weighted by atomic mass is 16.6. The van der Waals surface area contributed by atoms with Gasteiger partial charge in [0.25, 0.3) is 0 Å². The summed E-state index contributed by atoms with van der Waals surface area (Å²) in [5.74, 6) is -0.159. The zero-order chi connectivity index (χ0) is 22.5. The van der Waals surface area contributed by atoms with Gasteiger partial charge in [-0.15, -0.1) is 0 Å². The summed E-state index contributed by atoms with van der Waals surface area (Å²) in [6.07, 6.45) is 14.9. The van der Waals surface area contributed by atoms with E-state index in [0.717, 1.165) is 0 Å². The quantitative estimate of drug-likeness (QED) is 0.172. The van der Waals surface area contributed by atoms with E-state index >= 15 is 0 Å². The third-order valence-electron chi connectivity index (χ3n) is 3.60. The first-order valence-corrected chi connectivity index (χ1v) is 9.71. The Bertz CT molecular complexity index is 604. The van der Waals surface area contributed by atoms with Gasteiger partial charge in [0.1, 0.15) is 6.10 Å². The molecular weight excluding hydrogens is 384 g/mol. The van der Waals surface area contributed by atoms with E-state index < -0.39 is 0 Å². The zero-order valence-corrected chi connectivity index (χ0v) is 17.5. The maximum atomic E-state index is 11.2. The molecular formula is C24H32O6. The van der Waals surface area contributed by atoms with Gasteiger partial charge in [-0.1, -0.05) is 56.2 Å². The summed E-state index contributed by atoms with van der Waals surface area (Å²) >= 11 is 0. The van der Waals surface area contributed by atoms with Gasteiger partial charge >= 0.3 is 0 Å². The average Bonchev–Trinajstić information content (AvgIpc) is 2.76. The second-order valence-corrected chi connectivity index (χ2v) is 6.07. The first-order chi connectivity index (χ1) is 14.5. The number of hydrogen-bond donors (Lipinski definition) is 0. The fourth-order valence-electron chi connectivity index (χ4n) is 1.92. The molecule has 0 heterocycles. The smallest absolute Gasteiger partial charge is 0.158 e. The number of carbonyl (C=O) groups excluding carboxylic acids is 3. The van der Waals surface area contributed by atoms with Crippen LogP contribution in [0.4, 0.5) is 0 Å². The van der Waals surface area contributed by atoms with Gasteiger partial charge in [0.05, 0.1) is 33.0 Å². The van der Waals surface area contributed by atoms with E-state index in [2.05, 4.69) is 19.7 Å². The molecule has 0 rings (SSSR count). The van der Waals surface area contributed by atoms with E-state index in [1.807, 2.05) is 0 Å². The van der Waals surface area contributed by atoms with E-state index in [-0.39, 0.29) is 29.9 Å². The molecule has 0 fully saturated rings. The maximum Gasteiger partial charge on any atom is 0.158 e. The fourth-order valence-corrected chi connectivity index (χ4v) is 1.92. The number of allylic oxidation sites excluding steroid dienone is 6. The number of rotatable bonds is 20. The minimum atomic E-state index is -0.309. The second kappa shape index (κ2) is 19.6. The van der Waals surface area contributed by atoms with E-state index in [0.29, 0.717) is 45.9 Å². The number of ketones is 3. The monoisotopic (exact) mass is 416 g/mol. The van der Waals surface area contributed by atoms with Crippen LogP contribution in [0.3, 0.4) is 0 Å². The first kappa shape index (κ1) is 27.3. The minimum Gasteiger partial charge on any atom is -0.375 e. The van der Waals surface area contributed by atoms with Crippen molar-refractivity contribution in [2.75, 3.05) is 33.0 Å². The normalized spacial score (nSPS) is 11.5. The molecule has 6 heteroatoms. The molecule has 0 spiro atoms. The van der Waals surface area contributed by atoms with Gasteiger partial charge in [-0.05, 0) is 18.2 Å². The predicted molar refractivity (Wildman–Crippen MR) is 118 cm³/mol. The third-order valence-corrected chi connectivity index (χ3v) is 3.60. The Morgan fingerprint density at radius 1 is 0.600 bits per heavy atom. The van der Waals surface area contributed by atoms with E-state index in [1.54, 1.807) is 36.5 Å². The summed E-state index contributed by atoms with van der Waals surface area (Å²) in [6.45, 7) is 11.9. The molecule has 0 amide bonds. The summed E-state index contributed by atoms with van der Waals surface area (Å²) in [6, 6.07) is 0. The van der Waals surface area contributed by atoms with Gasteiger partial charge in [0.15, 0.2) is 17.3 Å². The van der Waals surface area contributed by atoms with Crippen LogP contribution in [0.25, 0.3) is 0 Å². The lowest BCUT2D eigenvalue weighted by Gasteiger charge is -2.16. The number of hydrogen-bond acceptors (Lipinski definition) is 6. The van der Waals surface area contributed by atoms with Crippen LogP contribution in [0.5, 0.6) is 0 Å². The highest BCUT2D eigenvalue weighted by Gasteiger charge is 2.08. The Kier molecular flexibility index (Phi) is 17.9. The minimum absolute atomic E-state index is 0.0505. The fraction of sp³-hybridized carbons (Fsp3) is 0.375. The molecule has 0 radical (unpaired) electrons. The molecule has 0 saturated carbocycles. The molecule has 0 aromatic heterocycles. The second-order valence-electron chi connectivity index (χ2n) is 6.07. The molecule has 0 atom stereocenters. The Labute approximate surface area is 179 Å². The summed E-state index contributed by atoms with van der Waals surface area (Å²) in [7, 11) is 0. The summed E-state index contributed by atoms with van der Waals surface area (Å²) in [5.41, 5.74) is 0. The van der Waals surface area contributed by atoms with Crippen LogP contribution in [-0.2, 0) is 28.6 Å². The number of ether oxygens (including phenoxy) is 3. The highest BCUT2D eigenvalue weighted by Crippen LogP contribution is 1.99. The van der Waals surface area contributed by atoms with Crippen molar-refractivity contribution in [2.24, 2.45) is 0 Å². The van der Waals surface area contributed by atoms with E-state index in [1.165, 1.54) is 18.2 Å². The topological polar surface area (TPSA) is 78.9 Å². The lowest BCUT2D eigenvalue weighted by Crippen LogP contribution is -2.26. The lowest BCUT2D eigenvalue weighted by atomic mass is 10.2. The molecule has 0 aromatic rings. The molecule has 0 N–H and O–H groups in total. The van der Waals surface area contributed by atoms with E-state index in [9.17, 15) is 14.4 Å². The standard InChI is InChI=1S/C24H32O6/c1-4-21(25)13-7-10-16-28-19-24(30-18-12-9-15-23(27)6-3)20-29-17-11-8-14-22(26)5-2/h4-12,24H,1-3,13-20H2/b10-7+,11-8+,12-9+. The van der Waals surface area contributed by atoms with Crippen molar-refractivity contribution >= 4 is 17.3 Å². The van der Waals surface area contributed by atoms with Crippen molar-refractivity contribution in [1.82, 2.24) is 0 Å². The number of carbonyl (C=O) groups is 3. The van der Waals surface area contributed by atoms with Crippen LogP contribution in [-0.4, -0.2) is 56.5 Å². The van der Waals surface area contributed by atoms with Gasteiger partial charge in [-0.3, -0.25) is 14.4 Å². The molecule has 0 aliphatic heterocycles. The molecule has 6 nitrogen and oxygen atoms in total. The van der Waals surface area contributed by atoms with E-state index in [4.69, 9.17) is 14.2 Å². The van der Waals surface area contributed by atoms with Crippen LogP contribution in [0, 0.1) is 0 Å². The Hall–Kier alpha value is -2.67. The van der Waals surface area contributed by atoms with Crippen LogP contribution in [0.1, 0.15) is 19.3 Å². The maximum absolute atomic E-state index is 11.2. The van der Waals surface area contributed by atoms with Crippen LogP contribution < -0.4 is 0 Å². The van der Waals surface area contributed by atoms with Gasteiger partial charge in [-0.2, -0.15) is 0 Å². The van der Waals surface area contributed by atoms with Crippen molar-refractivity contribution in [3.8, 4) is 0 Å². The van der Waals surface area contributed by atoms with Crippen molar-refractivity contribution < 1.29 is 28.6 Å². The highest BCUT2D eigenvalue weighted by molar-refractivity contribution is 5.90. The SMILES string of the molecule is C=CC(=O)C/C=C/COCC(COC/C=C/CC(=O)C=C)OC/C=C/CC(=O)C=C. The van der Waals surface area contributed by atoms with Crippen molar-refractivity contribution in [1.29, 1.82) is 0 Å². The van der Waals surface area contributed by atoms with Gasteiger partial charge in [0.2, 0.25) is 0 Å². The van der Waals surface area contributed by atoms with Gasteiger partial charge in [-0.25, -0.2) is 0 Å². The van der Waals surface area contributed by atoms with Crippen LogP contribution in [0.15, 0.2) is 74.4 Å². The Balaban J connectivity index is 4.32. The Morgan fingerprint density at radius 3 is 1.33 bits per heavy atom. The third kappa shape index (κ3) is 17.4. The molecule has 0 bridgehead atoms.